The second-order valence-corrected chi connectivity index (χ2v) is 3.61. The van der Waals surface area contributed by atoms with Gasteiger partial charge in [-0.3, -0.25) is 4.79 Å². The number of rotatable bonds is 3. The van der Waals surface area contributed by atoms with Crippen molar-refractivity contribution in [2.75, 3.05) is 12.3 Å². The molecule has 0 aliphatic rings. The SMILES string of the molecule is CCNC(=O)c1ccc(N)cc1-n1ccnc1. The number of aromatic nitrogens is 2. The van der Waals surface area contributed by atoms with Gasteiger partial charge in [0.2, 0.25) is 0 Å². The number of imidazole rings is 1. The van der Waals surface area contributed by atoms with Crippen LogP contribution in [-0.2, 0) is 0 Å². The maximum Gasteiger partial charge on any atom is 0.253 e. The average Bonchev–Trinajstić information content (AvgIpc) is 2.82. The minimum atomic E-state index is -0.115. The molecule has 2 rings (SSSR count). The summed E-state index contributed by atoms with van der Waals surface area (Å²) in [6, 6.07) is 5.19. The van der Waals surface area contributed by atoms with Gasteiger partial charge in [-0.15, -0.1) is 0 Å². The molecular weight excluding hydrogens is 216 g/mol. The number of nitrogen functional groups attached to an aromatic ring is 1. The third-order valence-electron chi connectivity index (χ3n) is 2.39. The quantitative estimate of drug-likeness (QED) is 0.778. The Morgan fingerprint density at radius 1 is 1.53 bits per heavy atom. The molecule has 0 unspecified atom stereocenters. The van der Waals surface area contributed by atoms with Crippen molar-refractivity contribution in [3.05, 3.63) is 42.5 Å². The second kappa shape index (κ2) is 4.69. The fourth-order valence-electron chi connectivity index (χ4n) is 1.61. The summed E-state index contributed by atoms with van der Waals surface area (Å²) >= 11 is 0. The van der Waals surface area contributed by atoms with Crippen molar-refractivity contribution in [2.45, 2.75) is 6.92 Å². The van der Waals surface area contributed by atoms with Crippen LogP contribution in [0.4, 0.5) is 5.69 Å². The molecule has 0 aliphatic heterocycles. The molecule has 0 spiro atoms. The zero-order valence-corrected chi connectivity index (χ0v) is 9.55. The summed E-state index contributed by atoms with van der Waals surface area (Å²) in [5.41, 5.74) is 7.67. The number of carbonyl (C=O) groups is 1. The van der Waals surface area contributed by atoms with E-state index in [9.17, 15) is 4.79 Å². The van der Waals surface area contributed by atoms with E-state index in [0.717, 1.165) is 5.69 Å². The Kier molecular flexibility index (Phi) is 3.09. The molecule has 1 amide bonds. The Balaban J connectivity index is 2.49. The third-order valence-corrected chi connectivity index (χ3v) is 2.39. The first kappa shape index (κ1) is 11.2. The zero-order chi connectivity index (χ0) is 12.3. The van der Waals surface area contributed by atoms with E-state index < -0.39 is 0 Å². The van der Waals surface area contributed by atoms with E-state index in [1.54, 1.807) is 41.5 Å². The number of hydrogen-bond acceptors (Lipinski definition) is 3. The van der Waals surface area contributed by atoms with Crippen LogP contribution in [-0.4, -0.2) is 22.0 Å². The second-order valence-electron chi connectivity index (χ2n) is 3.61. The highest BCUT2D eigenvalue weighted by Gasteiger charge is 2.11. The van der Waals surface area contributed by atoms with Crippen molar-refractivity contribution in [1.29, 1.82) is 0 Å². The lowest BCUT2D eigenvalue weighted by molar-refractivity contribution is 0.0956. The van der Waals surface area contributed by atoms with Gasteiger partial charge in [-0.2, -0.15) is 0 Å². The molecule has 5 nitrogen and oxygen atoms in total. The summed E-state index contributed by atoms with van der Waals surface area (Å²) in [4.78, 5) is 15.9. The van der Waals surface area contributed by atoms with Crippen LogP contribution in [0, 0.1) is 0 Å². The monoisotopic (exact) mass is 230 g/mol. The molecule has 0 aliphatic carbocycles. The van der Waals surface area contributed by atoms with Crippen molar-refractivity contribution in [3.8, 4) is 5.69 Å². The van der Waals surface area contributed by atoms with E-state index in [4.69, 9.17) is 5.73 Å². The number of benzene rings is 1. The van der Waals surface area contributed by atoms with Crippen LogP contribution in [0.25, 0.3) is 5.69 Å². The van der Waals surface area contributed by atoms with Crippen LogP contribution < -0.4 is 11.1 Å². The van der Waals surface area contributed by atoms with Crippen LogP contribution in [0.1, 0.15) is 17.3 Å². The van der Waals surface area contributed by atoms with Gasteiger partial charge < -0.3 is 15.6 Å². The van der Waals surface area contributed by atoms with Crippen molar-refractivity contribution in [3.63, 3.8) is 0 Å². The average molecular weight is 230 g/mol. The molecule has 17 heavy (non-hydrogen) atoms. The molecule has 3 N–H and O–H groups in total. The minimum absolute atomic E-state index is 0.115. The summed E-state index contributed by atoms with van der Waals surface area (Å²) in [6.45, 7) is 2.47. The Morgan fingerprint density at radius 3 is 3.00 bits per heavy atom. The van der Waals surface area contributed by atoms with Gasteiger partial charge in [-0.1, -0.05) is 0 Å². The van der Waals surface area contributed by atoms with Crippen molar-refractivity contribution in [2.24, 2.45) is 0 Å². The van der Waals surface area contributed by atoms with Gasteiger partial charge in [-0.25, -0.2) is 4.98 Å². The highest BCUT2D eigenvalue weighted by atomic mass is 16.1. The summed E-state index contributed by atoms with van der Waals surface area (Å²) in [5.74, 6) is -0.115. The number of nitrogens with two attached hydrogens (primary N) is 1. The van der Waals surface area contributed by atoms with Gasteiger partial charge in [0.15, 0.2) is 0 Å². The third kappa shape index (κ3) is 2.28. The van der Waals surface area contributed by atoms with Gasteiger partial charge in [0, 0.05) is 24.6 Å². The van der Waals surface area contributed by atoms with Crippen molar-refractivity contribution in [1.82, 2.24) is 14.9 Å². The topological polar surface area (TPSA) is 72.9 Å². The molecule has 5 heteroatoms. The number of nitrogens with zero attached hydrogens (tertiary/aromatic N) is 2. The fraction of sp³-hybridized carbons (Fsp3) is 0.167. The summed E-state index contributed by atoms with van der Waals surface area (Å²) in [7, 11) is 0. The normalized spacial score (nSPS) is 10.2. The predicted octanol–water partition coefficient (Wildman–Crippen LogP) is 1.20. The molecule has 88 valence electrons. The summed E-state index contributed by atoms with van der Waals surface area (Å²) in [5, 5.41) is 2.77. The number of anilines is 1. The van der Waals surface area contributed by atoms with Crippen molar-refractivity contribution >= 4 is 11.6 Å². The molecule has 2 aromatic rings. The first-order chi connectivity index (χ1) is 8.22. The lowest BCUT2D eigenvalue weighted by Crippen LogP contribution is -2.24. The molecule has 1 aromatic heterocycles. The van der Waals surface area contributed by atoms with E-state index in [1.165, 1.54) is 0 Å². The molecular formula is C12H14N4O. The lowest BCUT2D eigenvalue weighted by Gasteiger charge is -2.10. The van der Waals surface area contributed by atoms with Gasteiger partial charge >= 0.3 is 0 Å². The van der Waals surface area contributed by atoms with E-state index in [-0.39, 0.29) is 5.91 Å². The largest absolute Gasteiger partial charge is 0.399 e. The Hall–Kier alpha value is -2.30. The standard InChI is InChI=1S/C12H14N4O/c1-2-15-12(17)10-4-3-9(13)7-11(10)16-6-5-14-8-16/h3-8H,2,13H2,1H3,(H,15,17). The smallest absolute Gasteiger partial charge is 0.253 e. The summed E-state index contributed by atoms with van der Waals surface area (Å²) in [6.07, 6.45) is 5.07. The number of amides is 1. The van der Waals surface area contributed by atoms with Crippen LogP contribution in [0.2, 0.25) is 0 Å². The zero-order valence-electron chi connectivity index (χ0n) is 9.55. The number of hydrogen-bond donors (Lipinski definition) is 2. The molecule has 0 saturated carbocycles. The molecule has 1 aromatic carbocycles. The summed E-state index contributed by atoms with van der Waals surface area (Å²) < 4.78 is 1.76. The fourth-order valence-corrected chi connectivity index (χ4v) is 1.61. The highest BCUT2D eigenvalue weighted by molar-refractivity contribution is 5.98. The van der Waals surface area contributed by atoms with Crippen LogP contribution >= 0.6 is 0 Å². The lowest BCUT2D eigenvalue weighted by atomic mass is 10.1. The minimum Gasteiger partial charge on any atom is -0.399 e. The molecule has 0 bridgehead atoms. The van der Waals surface area contributed by atoms with E-state index >= 15 is 0 Å². The van der Waals surface area contributed by atoms with Gasteiger partial charge in [-0.05, 0) is 25.1 Å². The maximum absolute atomic E-state index is 11.9. The molecule has 0 atom stereocenters. The van der Waals surface area contributed by atoms with E-state index in [2.05, 4.69) is 10.3 Å². The molecule has 0 saturated heterocycles. The number of carbonyl (C=O) groups excluding carboxylic acids is 1. The predicted molar refractivity (Wildman–Crippen MR) is 66.0 cm³/mol. The molecule has 1 heterocycles. The van der Waals surface area contributed by atoms with Crippen LogP contribution in [0.5, 0.6) is 0 Å². The Morgan fingerprint density at radius 2 is 2.35 bits per heavy atom. The Labute approximate surface area is 99.3 Å². The Bertz CT molecular complexity index is 519. The highest BCUT2D eigenvalue weighted by Crippen LogP contribution is 2.18. The first-order valence-corrected chi connectivity index (χ1v) is 5.38. The van der Waals surface area contributed by atoms with E-state index in [1.807, 2.05) is 6.92 Å². The number of nitrogens with one attached hydrogen (secondary N) is 1. The first-order valence-electron chi connectivity index (χ1n) is 5.38. The van der Waals surface area contributed by atoms with Gasteiger partial charge in [0.25, 0.3) is 5.91 Å². The van der Waals surface area contributed by atoms with Crippen LogP contribution in [0.15, 0.2) is 36.9 Å². The molecule has 0 fully saturated rings. The maximum atomic E-state index is 11.9. The van der Waals surface area contributed by atoms with Crippen LogP contribution in [0.3, 0.4) is 0 Å². The van der Waals surface area contributed by atoms with E-state index in [0.29, 0.717) is 17.8 Å². The van der Waals surface area contributed by atoms with Gasteiger partial charge in [0.05, 0.1) is 17.6 Å². The van der Waals surface area contributed by atoms with Gasteiger partial charge in [0.1, 0.15) is 0 Å². The van der Waals surface area contributed by atoms with Crippen molar-refractivity contribution < 1.29 is 4.79 Å². The molecule has 0 radical (unpaired) electrons.